The number of amides is 2. The Kier molecular flexibility index (Phi) is 6.31. The minimum atomic E-state index is -4.42. The number of carbonyl (C=O) groups is 2. The highest BCUT2D eigenvalue weighted by Gasteiger charge is 2.37. The van der Waals surface area contributed by atoms with E-state index >= 15 is 0 Å². The van der Waals surface area contributed by atoms with Crippen molar-refractivity contribution >= 4 is 40.3 Å². The fraction of sp³-hybridized carbons (Fsp3) is 0.385. The van der Waals surface area contributed by atoms with Crippen LogP contribution in [-0.4, -0.2) is 76.9 Å². The number of halogens is 3. The normalized spacial score (nSPS) is 20.3. The van der Waals surface area contributed by atoms with Gasteiger partial charge in [-0.15, -0.1) is 11.3 Å². The third kappa shape index (κ3) is 4.62. The van der Waals surface area contributed by atoms with Crippen LogP contribution in [0.1, 0.15) is 27.3 Å². The molecule has 1 unspecified atom stereocenters. The predicted molar refractivity (Wildman–Crippen MR) is 137 cm³/mol. The summed E-state index contributed by atoms with van der Waals surface area (Å²) in [4.78, 5) is 41.5. The molecule has 2 saturated heterocycles. The topological polar surface area (TPSA) is 72.9 Å². The van der Waals surface area contributed by atoms with E-state index in [4.69, 9.17) is 0 Å². The minimum Gasteiger partial charge on any atom is -0.334 e. The SMILES string of the molecule is O=C(c1nccs1)N1CCN(C2CC(=O)N(c3ccc4c(c3)CCN4c3ccc(C(F)(F)F)cn3)C2)CC1. The molecule has 1 aromatic carbocycles. The van der Waals surface area contributed by atoms with Crippen LogP contribution in [0, 0.1) is 0 Å². The zero-order chi connectivity index (χ0) is 26.4. The number of hydrogen-bond donors (Lipinski definition) is 0. The van der Waals surface area contributed by atoms with E-state index in [0.29, 0.717) is 62.9 Å². The lowest BCUT2D eigenvalue weighted by Gasteiger charge is -2.37. The summed E-state index contributed by atoms with van der Waals surface area (Å²) >= 11 is 1.34. The molecule has 38 heavy (non-hydrogen) atoms. The van der Waals surface area contributed by atoms with E-state index in [0.717, 1.165) is 29.2 Å². The number of benzene rings is 1. The van der Waals surface area contributed by atoms with Crippen LogP contribution in [0.4, 0.5) is 30.4 Å². The zero-order valence-corrected chi connectivity index (χ0v) is 21.2. The average molecular weight is 543 g/mol. The Labute approximate surface area is 221 Å². The van der Waals surface area contributed by atoms with Gasteiger partial charge in [0.15, 0.2) is 5.01 Å². The Bertz CT molecular complexity index is 1340. The lowest BCUT2D eigenvalue weighted by molar-refractivity contribution is -0.137. The standard InChI is InChI=1S/C26H25F3N6O2S/c27-26(28,29)18-1-4-22(31-15-18)34-7-5-17-13-19(2-3-21(17)34)35-16-20(14-23(35)36)32-8-10-33(11-9-32)25(37)24-30-6-12-38-24/h1-4,6,12-13,15,20H,5,7-11,14,16H2. The van der Waals surface area contributed by atoms with Gasteiger partial charge >= 0.3 is 6.18 Å². The second kappa shape index (κ2) is 9.66. The molecule has 12 heteroatoms. The van der Waals surface area contributed by atoms with E-state index in [1.165, 1.54) is 17.4 Å². The Morgan fingerprint density at radius 1 is 1.00 bits per heavy atom. The van der Waals surface area contributed by atoms with Crippen LogP contribution in [-0.2, 0) is 17.4 Å². The lowest BCUT2D eigenvalue weighted by atomic mass is 10.1. The van der Waals surface area contributed by atoms with Crippen molar-refractivity contribution in [2.75, 3.05) is 49.1 Å². The van der Waals surface area contributed by atoms with E-state index in [2.05, 4.69) is 14.9 Å². The molecule has 3 aliphatic rings. The quantitative estimate of drug-likeness (QED) is 0.499. The fourth-order valence-corrected chi connectivity index (χ4v) is 6.05. The molecule has 2 aromatic heterocycles. The molecule has 0 N–H and O–H groups in total. The number of pyridine rings is 1. The Balaban J connectivity index is 1.10. The predicted octanol–water partition coefficient (Wildman–Crippen LogP) is 3.81. The molecule has 6 rings (SSSR count). The van der Waals surface area contributed by atoms with Crippen molar-refractivity contribution in [2.45, 2.75) is 25.1 Å². The highest BCUT2D eigenvalue weighted by molar-refractivity contribution is 7.11. The number of nitrogens with zero attached hydrogens (tertiary/aromatic N) is 6. The second-order valence-corrected chi connectivity index (χ2v) is 10.5. The first-order valence-corrected chi connectivity index (χ1v) is 13.3. The first-order valence-electron chi connectivity index (χ1n) is 12.4. The Morgan fingerprint density at radius 3 is 2.50 bits per heavy atom. The van der Waals surface area contributed by atoms with Crippen LogP contribution in [0.3, 0.4) is 0 Å². The first kappa shape index (κ1) is 24.8. The Hall–Kier alpha value is -3.51. The largest absolute Gasteiger partial charge is 0.417 e. The maximum Gasteiger partial charge on any atom is 0.417 e. The third-order valence-corrected chi connectivity index (χ3v) is 8.22. The zero-order valence-electron chi connectivity index (χ0n) is 20.4. The maximum absolute atomic E-state index is 13.0. The van der Waals surface area contributed by atoms with Gasteiger partial charge < -0.3 is 14.7 Å². The van der Waals surface area contributed by atoms with Gasteiger partial charge in [0.05, 0.1) is 5.56 Å². The summed E-state index contributed by atoms with van der Waals surface area (Å²) < 4.78 is 38.7. The van der Waals surface area contributed by atoms with Gasteiger partial charge in [0.2, 0.25) is 5.91 Å². The van der Waals surface area contributed by atoms with E-state index in [9.17, 15) is 22.8 Å². The number of anilines is 3. The molecule has 8 nitrogen and oxygen atoms in total. The summed E-state index contributed by atoms with van der Waals surface area (Å²) in [6.45, 7) is 3.83. The van der Waals surface area contributed by atoms with Crippen molar-refractivity contribution in [2.24, 2.45) is 0 Å². The number of rotatable bonds is 4. The van der Waals surface area contributed by atoms with Crippen molar-refractivity contribution in [1.29, 1.82) is 0 Å². The molecule has 0 spiro atoms. The molecule has 1 atom stereocenters. The van der Waals surface area contributed by atoms with Gasteiger partial charge in [-0.3, -0.25) is 14.5 Å². The summed E-state index contributed by atoms with van der Waals surface area (Å²) in [6, 6.07) is 8.34. The Morgan fingerprint density at radius 2 is 1.82 bits per heavy atom. The van der Waals surface area contributed by atoms with Crippen molar-refractivity contribution in [3.8, 4) is 0 Å². The molecule has 2 fully saturated rings. The fourth-order valence-electron chi connectivity index (χ4n) is 5.44. The van der Waals surface area contributed by atoms with Gasteiger partial charge in [0.25, 0.3) is 5.91 Å². The van der Waals surface area contributed by atoms with Gasteiger partial charge in [-0.25, -0.2) is 9.97 Å². The number of thiazole rings is 1. The van der Waals surface area contributed by atoms with Gasteiger partial charge in [-0.1, -0.05) is 0 Å². The molecule has 2 amide bonds. The summed E-state index contributed by atoms with van der Waals surface area (Å²) in [7, 11) is 0. The van der Waals surface area contributed by atoms with Gasteiger partial charge in [-0.05, 0) is 42.3 Å². The van der Waals surface area contributed by atoms with E-state index < -0.39 is 11.7 Å². The summed E-state index contributed by atoms with van der Waals surface area (Å²) in [5.74, 6) is 0.493. The van der Waals surface area contributed by atoms with Crippen LogP contribution in [0.2, 0.25) is 0 Å². The molecular weight excluding hydrogens is 517 g/mol. The van der Waals surface area contributed by atoms with Gasteiger partial charge in [-0.2, -0.15) is 13.2 Å². The van der Waals surface area contributed by atoms with Crippen LogP contribution >= 0.6 is 11.3 Å². The van der Waals surface area contributed by atoms with Crippen molar-refractivity contribution in [3.63, 3.8) is 0 Å². The van der Waals surface area contributed by atoms with Gasteiger partial charge in [0.1, 0.15) is 5.82 Å². The number of carbonyl (C=O) groups excluding carboxylic acids is 2. The van der Waals surface area contributed by atoms with Crippen LogP contribution in [0.15, 0.2) is 48.1 Å². The van der Waals surface area contributed by atoms with E-state index in [1.54, 1.807) is 11.6 Å². The van der Waals surface area contributed by atoms with Gasteiger partial charge in [0, 0.05) is 80.9 Å². The minimum absolute atomic E-state index is 0.0394. The first-order chi connectivity index (χ1) is 18.3. The third-order valence-electron chi connectivity index (χ3n) is 7.46. The number of fused-ring (bicyclic) bond motifs is 1. The molecule has 3 aliphatic heterocycles. The average Bonchev–Trinajstić information content (AvgIpc) is 3.68. The highest BCUT2D eigenvalue weighted by Crippen LogP contribution is 2.38. The molecule has 0 saturated carbocycles. The molecule has 0 bridgehead atoms. The lowest BCUT2D eigenvalue weighted by Crippen LogP contribution is -2.52. The molecule has 5 heterocycles. The van der Waals surface area contributed by atoms with Crippen LogP contribution in [0.25, 0.3) is 0 Å². The van der Waals surface area contributed by atoms with Crippen molar-refractivity contribution in [1.82, 2.24) is 19.8 Å². The van der Waals surface area contributed by atoms with Crippen molar-refractivity contribution in [3.05, 3.63) is 64.2 Å². The number of piperazine rings is 1. The summed E-state index contributed by atoms with van der Waals surface area (Å²) in [6.07, 6.45) is -0.782. The van der Waals surface area contributed by atoms with E-state index in [1.807, 2.05) is 32.9 Å². The number of alkyl halides is 3. The highest BCUT2D eigenvalue weighted by atomic mass is 32.1. The van der Waals surface area contributed by atoms with Crippen LogP contribution in [0.5, 0.6) is 0 Å². The van der Waals surface area contributed by atoms with Crippen LogP contribution < -0.4 is 9.80 Å². The molecular formula is C26H25F3N6O2S. The van der Waals surface area contributed by atoms with E-state index in [-0.39, 0.29) is 17.9 Å². The maximum atomic E-state index is 13.0. The smallest absolute Gasteiger partial charge is 0.334 e. The molecule has 0 aliphatic carbocycles. The second-order valence-electron chi connectivity index (χ2n) is 9.65. The monoisotopic (exact) mass is 542 g/mol. The van der Waals surface area contributed by atoms with Crippen molar-refractivity contribution < 1.29 is 22.8 Å². The number of aromatic nitrogens is 2. The number of hydrogen-bond acceptors (Lipinski definition) is 7. The summed E-state index contributed by atoms with van der Waals surface area (Å²) in [5, 5.41) is 2.30. The molecule has 0 radical (unpaired) electrons. The molecule has 198 valence electrons. The molecule has 3 aromatic rings. The summed E-state index contributed by atoms with van der Waals surface area (Å²) in [5.41, 5.74) is 1.99.